The molecule has 2 aliphatic heterocycles. The number of aliphatic hydroxyl groups is 1. The highest BCUT2D eigenvalue weighted by Crippen LogP contribution is 2.38. The van der Waals surface area contributed by atoms with Gasteiger partial charge in [0.25, 0.3) is 0 Å². The maximum absolute atomic E-state index is 9.40. The SMILES string of the molecule is CC1CCC(CO)CN1CCc1cc(Cl)c2c(c1)OCCCO2. The minimum Gasteiger partial charge on any atom is -0.489 e. The maximum Gasteiger partial charge on any atom is 0.179 e. The summed E-state index contributed by atoms with van der Waals surface area (Å²) in [5.74, 6) is 1.86. The van der Waals surface area contributed by atoms with E-state index in [2.05, 4.69) is 17.9 Å². The highest BCUT2D eigenvalue weighted by molar-refractivity contribution is 6.32. The first-order chi connectivity index (χ1) is 11.2. The number of hydrogen-bond acceptors (Lipinski definition) is 4. The van der Waals surface area contributed by atoms with Gasteiger partial charge in [0, 0.05) is 32.2 Å². The van der Waals surface area contributed by atoms with Gasteiger partial charge in [-0.2, -0.15) is 0 Å². The van der Waals surface area contributed by atoms with Gasteiger partial charge < -0.3 is 14.6 Å². The molecule has 0 bridgehead atoms. The van der Waals surface area contributed by atoms with Gasteiger partial charge in [-0.05, 0) is 49.8 Å². The standard InChI is InChI=1S/C18H26ClNO3/c1-13-3-4-15(12-21)11-20(13)6-5-14-9-16(19)18-17(10-14)22-7-2-8-23-18/h9-10,13,15,21H,2-8,11-12H2,1H3. The lowest BCUT2D eigenvalue weighted by Gasteiger charge is -2.37. The van der Waals surface area contributed by atoms with Crippen molar-refractivity contribution in [2.45, 2.75) is 38.6 Å². The molecule has 0 saturated carbocycles. The molecule has 1 saturated heterocycles. The molecule has 128 valence electrons. The van der Waals surface area contributed by atoms with Gasteiger partial charge in [-0.15, -0.1) is 0 Å². The second kappa shape index (κ2) is 7.73. The van der Waals surface area contributed by atoms with Crippen molar-refractivity contribution in [3.05, 3.63) is 22.7 Å². The smallest absolute Gasteiger partial charge is 0.179 e. The second-order valence-corrected chi connectivity index (χ2v) is 7.08. The van der Waals surface area contributed by atoms with Crippen molar-refractivity contribution >= 4 is 11.6 Å². The molecule has 2 aliphatic rings. The van der Waals surface area contributed by atoms with Crippen LogP contribution < -0.4 is 9.47 Å². The zero-order valence-corrected chi connectivity index (χ0v) is 14.5. The van der Waals surface area contributed by atoms with Gasteiger partial charge >= 0.3 is 0 Å². The predicted molar refractivity (Wildman–Crippen MR) is 91.6 cm³/mol. The van der Waals surface area contributed by atoms with E-state index in [0.717, 1.165) is 44.5 Å². The van der Waals surface area contributed by atoms with E-state index in [4.69, 9.17) is 21.1 Å². The third-order valence-corrected chi connectivity index (χ3v) is 5.20. The number of piperidine rings is 1. The lowest BCUT2D eigenvalue weighted by Crippen LogP contribution is -2.43. The summed E-state index contributed by atoms with van der Waals surface area (Å²) in [6.07, 6.45) is 4.10. The normalized spacial score (nSPS) is 25.2. The molecule has 1 fully saturated rings. The zero-order valence-electron chi connectivity index (χ0n) is 13.8. The van der Waals surface area contributed by atoms with Crippen LogP contribution in [0.1, 0.15) is 31.7 Å². The van der Waals surface area contributed by atoms with E-state index >= 15 is 0 Å². The fraction of sp³-hybridized carbons (Fsp3) is 0.667. The Morgan fingerprint density at radius 1 is 1.26 bits per heavy atom. The largest absolute Gasteiger partial charge is 0.489 e. The van der Waals surface area contributed by atoms with E-state index in [9.17, 15) is 5.11 Å². The Kier molecular flexibility index (Phi) is 5.67. The van der Waals surface area contributed by atoms with Crippen LogP contribution in [0.2, 0.25) is 5.02 Å². The molecular weight excluding hydrogens is 314 g/mol. The van der Waals surface area contributed by atoms with Crippen LogP contribution in [0, 0.1) is 5.92 Å². The summed E-state index contributed by atoms with van der Waals surface area (Å²) in [4.78, 5) is 2.47. The van der Waals surface area contributed by atoms with Gasteiger partial charge in [0.15, 0.2) is 11.5 Å². The van der Waals surface area contributed by atoms with Crippen LogP contribution in [-0.4, -0.2) is 49.0 Å². The molecule has 1 aromatic carbocycles. The van der Waals surface area contributed by atoms with Crippen LogP contribution >= 0.6 is 11.6 Å². The number of aliphatic hydroxyl groups excluding tert-OH is 1. The minimum absolute atomic E-state index is 0.291. The van der Waals surface area contributed by atoms with Crippen LogP contribution in [0.15, 0.2) is 12.1 Å². The summed E-state index contributed by atoms with van der Waals surface area (Å²) < 4.78 is 11.4. The molecule has 2 heterocycles. The van der Waals surface area contributed by atoms with Gasteiger partial charge in [-0.1, -0.05) is 11.6 Å². The van der Waals surface area contributed by atoms with E-state index in [1.807, 2.05) is 6.07 Å². The van der Waals surface area contributed by atoms with Crippen molar-refractivity contribution in [1.82, 2.24) is 4.90 Å². The van der Waals surface area contributed by atoms with Crippen LogP contribution in [0.25, 0.3) is 0 Å². The lowest BCUT2D eigenvalue weighted by molar-refractivity contribution is 0.0838. The first kappa shape index (κ1) is 16.9. The average molecular weight is 340 g/mol. The first-order valence-electron chi connectivity index (χ1n) is 8.60. The lowest BCUT2D eigenvalue weighted by atomic mass is 9.93. The van der Waals surface area contributed by atoms with E-state index in [-0.39, 0.29) is 0 Å². The van der Waals surface area contributed by atoms with Crippen molar-refractivity contribution < 1.29 is 14.6 Å². The topological polar surface area (TPSA) is 41.9 Å². The van der Waals surface area contributed by atoms with Crippen LogP contribution in [-0.2, 0) is 6.42 Å². The molecule has 23 heavy (non-hydrogen) atoms. The Bertz CT molecular complexity index is 537. The zero-order chi connectivity index (χ0) is 16.2. The van der Waals surface area contributed by atoms with E-state index in [1.54, 1.807) is 0 Å². The molecule has 3 rings (SSSR count). The Morgan fingerprint density at radius 2 is 2.09 bits per heavy atom. The van der Waals surface area contributed by atoms with E-state index < -0.39 is 0 Å². The summed E-state index contributed by atoms with van der Waals surface area (Å²) in [6.45, 7) is 5.85. The Morgan fingerprint density at radius 3 is 2.91 bits per heavy atom. The number of nitrogens with zero attached hydrogens (tertiary/aromatic N) is 1. The molecule has 1 aromatic rings. The summed E-state index contributed by atoms with van der Waals surface area (Å²) in [5, 5.41) is 10.0. The van der Waals surface area contributed by atoms with Gasteiger partial charge in [0.1, 0.15) is 0 Å². The number of ether oxygens (including phenoxy) is 2. The molecule has 2 unspecified atom stereocenters. The van der Waals surface area contributed by atoms with Gasteiger partial charge in [-0.25, -0.2) is 0 Å². The van der Waals surface area contributed by atoms with Crippen LogP contribution in [0.3, 0.4) is 0 Å². The number of benzene rings is 1. The molecule has 4 nitrogen and oxygen atoms in total. The number of likely N-dealkylation sites (tertiary alicyclic amines) is 1. The average Bonchev–Trinajstić information content (AvgIpc) is 2.80. The van der Waals surface area contributed by atoms with E-state index in [1.165, 1.54) is 5.56 Å². The monoisotopic (exact) mass is 339 g/mol. The summed E-state index contributed by atoms with van der Waals surface area (Å²) in [7, 11) is 0. The van der Waals surface area contributed by atoms with Crippen molar-refractivity contribution in [1.29, 1.82) is 0 Å². The Labute approximate surface area is 143 Å². The third-order valence-electron chi connectivity index (χ3n) is 4.92. The molecule has 0 amide bonds. The fourth-order valence-electron chi connectivity index (χ4n) is 3.42. The van der Waals surface area contributed by atoms with Gasteiger partial charge in [0.05, 0.1) is 18.2 Å². The van der Waals surface area contributed by atoms with Gasteiger partial charge in [0.2, 0.25) is 0 Å². The maximum atomic E-state index is 9.40. The summed E-state index contributed by atoms with van der Waals surface area (Å²) in [6, 6.07) is 4.63. The molecule has 0 aromatic heterocycles. The Balaban J connectivity index is 1.66. The molecule has 1 N–H and O–H groups in total. The Hall–Kier alpha value is -0.970. The van der Waals surface area contributed by atoms with Crippen molar-refractivity contribution in [3.8, 4) is 11.5 Å². The summed E-state index contributed by atoms with van der Waals surface area (Å²) >= 11 is 6.36. The van der Waals surface area contributed by atoms with E-state index in [0.29, 0.717) is 42.6 Å². The molecule has 0 spiro atoms. The van der Waals surface area contributed by atoms with Gasteiger partial charge in [-0.3, -0.25) is 4.90 Å². The number of rotatable bonds is 4. The number of fused-ring (bicyclic) bond motifs is 1. The number of hydrogen-bond donors (Lipinski definition) is 1. The fourth-order valence-corrected chi connectivity index (χ4v) is 3.71. The molecule has 5 heteroatoms. The second-order valence-electron chi connectivity index (χ2n) is 6.68. The summed E-state index contributed by atoms with van der Waals surface area (Å²) in [5.41, 5.74) is 1.18. The highest BCUT2D eigenvalue weighted by Gasteiger charge is 2.25. The molecule has 0 radical (unpaired) electrons. The number of halogens is 1. The molecular formula is C18H26ClNO3. The predicted octanol–water partition coefficient (Wildman–Crippen LogP) is 3.14. The van der Waals surface area contributed by atoms with Crippen LogP contribution in [0.5, 0.6) is 11.5 Å². The quantitative estimate of drug-likeness (QED) is 0.915. The molecule has 2 atom stereocenters. The van der Waals surface area contributed by atoms with Crippen LogP contribution in [0.4, 0.5) is 0 Å². The minimum atomic E-state index is 0.291. The molecule has 0 aliphatic carbocycles. The first-order valence-corrected chi connectivity index (χ1v) is 8.98. The van der Waals surface area contributed by atoms with Crippen molar-refractivity contribution in [3.63, 3.8) is 0 Å². The van der Waals surface area contributed by atoms with Crippen molar-refractivity contribution in [2.24, 2.45) is 5.92 Å². The third kappa shape index (κ3) is 4.11. The highest BCUT2D eigenvalue weighted by atomic mass is 35.5. The van der Waals surface area contributed by atoms with Crippen molar-refractivity contribution in [2.75, 3.05) is 32.9 Å².